The molecule has 1 amide bonds. The van der Waals surface area contributed by atoms with Gasteiger partial charge >= 0.3 is 0 Å². The molecule has 0 aliphatic carbocycles. The van der Waals surface area contributed by atoms with Gasteiger partial charge in [-0.1, -0.05) is 0 Å². The fourth-order valence-corrected chi connectivity index (χ4v) is 2.17. The van der Waals surface area contributed by atoms with Crippen molar-refractivity contribution in [3.05, 3.63) is 0 Å². The molecule has 5 heteroatoms. The maximum atomic E-state index is 11.8. The maximum absolute atomic E-state index is 11.8. The second kappa shape index (κ2) is 7.90. The van der Waals surface area contributed by atoms with Gasteiger partial charge in [0.25, 0.3) is 0 Å². The Bertz CT molecular complexity index is 229. The van der Waals surface area contributed by atoms with E-state index in [1.54, 1.807) is 7.11 Å². The smallest absolute Gasteiger partial charge is 0.220 e. The number of amides is 1. The van der Waals surface area contributed by atoms with Crippen LogP contribution in [0.1, 0.15) is 33.1 Å². The molecule has 1 saturated heterocycles. The van der Waals surface area contributed by atoms with E-state index >= 15 is 0 Å². The van der Waals surface area contributed by atoms with Crippen molar-refractivity contribution >= 4 is 18.3 Å². The van der Waals surface area contributed by atoms with Crippen LogP contribution in [0, 0.1) is 5.92 Å². The average Bonchev–Trinajstić information content (AvgIpc) is 2.17. The first-order valence-corrected chi connectivity index (χ1v) is 6.04. The minimum atomic E-state index is -0.265. The number of ether oxygens (including phenoxy) is 1. The van der Waals surface area contributed by atoms with Crippen LogP contribution in [0.2, 0.25) is 0 Å². The van der Waals surface area contributed by atoms with Gasteiger partial charge in [0.1, 0.15) is 0 Å². The van der Waals surface area contributed by atoms with E-state index in [9.17, 15) is 4.79 Å². The summed E-state index contributed by atoms with van der Waals surface area (Å²) in [6.07, 6.45) is 2.87. The standard InChI is InChI=1S/C12H24N2O2.ClH/c1-12(2,9-16-3)14-11(15)8-10-4-6-13-7-5-10;/h10,13H,4-9H2,1-3H3,(H,14,15);1H. The summed E-state index contributed by atoms with van der Waals surface area (Å²) in [5, 5.41) is 6.32. The molecule has 17 heavy (non-hydrogen) atoms. The highest BCUT2D eigenvalue weighted by Crippen LogP contribution is 2.16. The molecule has 2 N–H and O–H groups in total. The van der Waals surface area contributed by atoms with Gasteiger partial charge in [-0.05, 0) is 45.7 Å². The summed E-state index contributed by atoms with van der Waals surface area (Å²) in [4.78, 5) is 11.8. The molecule has 0 aromatic carbocycles. The van der Waals surface area contributed by atoms with Crippen LogP contribution in [0.4, 0.5) is 0 Å². The fourth-order valence-electron chi connectivity index (χ4n) is 2.17. The number of halogens is 1. The Kier molecular flexibility index (Phi) is 7.75. The minimum absolute atomic E-state index is 0. The second-order valence-corrected chi connectivity index (χ2v) is 5.26. The second-order valence-electron chi connectivity index (χ2n) is 5.26. The highest BCUT2D eigenvalue weighted by molar-refractivity contribution is 5.85. The van der Waals surface area contributed by atoms with Crippen molar-refractivity contribution in [2.24, 2.45) is 5.92 Å². The normalized spacial score (nSPS) is 17.4. The Hall–Kier alpha value is -0.320. The molecule has 1 rings (SSSR count). The van der Waals surface area contributed by atoms with Gasteiger partial charge in [-0.2, -0.15) is 0 Å². The Morgan fingerprint density at radius 1 is 1.41 bits per heavy atom. The number of carbonyl (C=O) groups excluding carboxylic acids is 1. The molecule has 1 fully saturated rings. The van der Waals surface area contributed by atoms with E-state index in [-0.39, 0.29) is 23.9 Å². The molecule has 0 bridgehead atoms. The van der Waals surface area contributed by atoms with Crippen LogP contribution in [0.3, 0.4) is 0 Å². The zero-order chi connectivity index (χ0) is 12.0. The van der Waals surface area contributed by atoms with Gasteiger partial charge in [0, 0.05) is 13.5 Å². The quantitative estimate of drug-likeness (QED) is 0.788. The molecule has 0 saturated carbocycles. The van der Waals surface area contributed by atoms with Gasteiger partial charge in [-0.3, -0.25) is 4.79 Å². The van der Waals surface area contributed by atoms with Crippen molar-refractivity contribution in [3.8, 4) is 0 Å². The van der Waals surface area contributed by atoms with Crippen LogP contribution in [0.25, 0.3) is 0 Å². The lowest BCUT2D eigenvalue weighted by atomic mass is 9.94. The first kappa shape index (κ1) is 16.7. The van der Waals surface area contributed by atoms with Crippen molar-refractivity contribution < 1.29 is 9.53 Å². The SMILES string of the molecule is COCC(C)(C)NC(=O)CC1CCNCC1.Cl. The molecule has 0 radical (unpaired) electrons. The van der Waals surface area contributed by atoms with E-state index in [4.69, 9.17) is 4.74 Å². The first-order valence-electron chi connectivity index (χ1n) is 6.04. The average molecular weight is 265 g/mol. The molecular formula is C12H25ClN2O2. The number of methoxy groups -OCH3 is 1. The molecule has 1 heterocycles. The Labute approximate surface area is 110 Å². The van der Waals surface area contributed by atoms with Crippen molar-refractivity contribution in [3.63, 3.8) is 0 Å². The summed E-state index contributed by atoms with van der Waals surface area (Å²) < 4.78 is 5.07. The van der Waals surface area contributed by atoms with Crippen molar-refractivity contribution in [1.29, 1.82) is 0 Å². The summed E-state index contributed by atoms with van der Waals surface area (Å²) in [5.41, 5.74) is -0.265. The van der Waals surface area contributed by atoms with Crippen LogP contribution < -0.4 is 10.6 Å². The van der Waals surface area contributed by atoms with E-state index in [0.29, 0.717) is 18.9 Å². The molecule has 102 valence electrons. The van der Waals surface area contributed by atoms with E-state index in [1.165, 1.54) is 0 Å². The van der Waals surface area contributed by atoms with Gasteiger partial charge < -0.3 is 15.4 Å². The van der Waals surface area contributed by atoms with Crippen LogP contribution in [0.15, 0.2) is 0 Å². The third-order valence-corrected chi connectivity index (χ3v) is 2.92. The molecule has 0 aromatic rings. The molecule has 0 spiro atoms. The van der Waals surface area contributed by atoms with Gasteiger partial charge in [-0.25, -0.2) is 0 Å². The zero-order valence-electron chi connectivity index (χ0n) is 11.0. The summed E-state index contributed by atoms with van der Waals surface area (Å²) in [6.45, 7) is 6.59. The molecule has 0 unspecified atom stereocenters. The predicted octanol–water partition coefficient (Wildman–Crippen LogP) is 1.34. The van der Waals surface area contributed by atoms with E-state index in [1.807, 2.05) is 13.8 Å². The van der Waals surface area contributed by atoms with Crippen molar-refractivity contribution in [1.82, 2.24) is 10.6 Å². The maximum Gasteiger partial charge on any atom is 0.220 e. The number of carbonyl (C=O) groups is 1. The topological polar surface area (TPSA) is 50.4 Å². The number of hydrogen-bond acceptors (Lipinski definition) is 3. The summed E-state index contributed by atoms with van der Waals surface area (Å²) in [5.74, 6) is 0.688. The molecular weight excluding hydrogens is 240 g/mol. The van der Waals surface area contributed by atoms with Crippen LogP contribution in [0.5, 0.6) is 0 Å². The summed E-state index contributed by atoms with van der Waals surface area (Å²) >= 11 is 0. The zero-order valence-corrected chi connectivity index (χ0v) is 11.9. The third-order valence-electron chi connectivity index (χ3n) is 2.92. The Morgan fingerprint density at radius 3 is 2.53 bits per heavy atom. The third kappa shape index (κ3) is 6.86. The summed E-state index contributed by atoms with van der Waals surface area (Å²) in [7, 11) is 1.65. The molecule has 4 nitrogen and oxygen atoms in total. The largest absolute Gasteiger partial charge is 0.382 e. The molecule has 0 atom stereocenters. The van der Waals surface area contributed by atoms with Crippen LogP contribution in [-0.4, -0.2) is 38.3 Å². The highest BCUT2D eigenvalue weighted by Gasteiger charge is 2.23. The molecule has 0 aromatic heterocycles. The molecule has 1 aliphatic rings. The first-order chi connectivity index (χ1) is 7.53. The number of nitrogens with one attached hydrogen (secondary N) is 2. The Morgan fingerprint density at radius 2 is 2.00 bits per heavy atom. The van der Waals surface area contributed by atoms with Gasteiger partial charge in [0.2, 0.25) is 5.91 Å². The lowest BCUT2D eigenvalue weighted by molar-refractivity contribution is -0.124. The van der Waals surface area contributed by atoms with Crippen LogP contribution >= 0.6 is 12.4 Å². The lowest BCUT2D eigenvalue weighted by Crippen LogP contribution is -2.47. The van der Waals surface area contributed by atoms with E-state index < -0.39 is 0 Å². The van der Waals surface area contributed by atoms with Gasteiger partial charge in [-0.15, -0.1) is 12.4 Å². The van der Waals surface area contributed by atoms with Gasteiger partial charge in [0.15, 0.2) is 0 Å². The van der Waals surface area contributed by atoms with E-state index in [0.717, 1.165) is 25.9 Å². The summed E-state index contributed by atoms with van der Waals surface area (Å²) in [6, 6.07) is 0. The Balaban J connectivity index is 0.00000256. The van der Waals surface area contributed by atoms with Crippen LogP contribution in [-0.2, 0) is 9.53 Å². The number of rotatable bonds is 5. The van der Waals surface area contributed by atoms with E-state index in [2.05, 4.69) is 10.6 Å². The highest BCUT2D eigenvalue weighted by atomic mass is 35.5. The monoisotopic (exact) mass is 264 g/mol. The molecule has 1 aliphatic heterocycles. The van der Waals surface area contributed by atoms with Gasteiger partial charge in [0.05, 0.1) is 12.1 Å². The van der Waals surface area contributed by atoms with Crippen molar-refractivity contribution in [2.75, 3.05) is 26.8 Å². The van der Waals surface area contributed by atoms with Crippen molar-refractivity contribution in [2.45, 2.75) is 38.6 Å². The number of piperidine rings is 1. The minimum Gasteiger partial charge on any atom is -0.382 e. The lowest BCUT2D eigenvalue weighted by Gasteiger charge is -2.27. The number of hydrogen-bond donors (Lipinski definition) is 2. The fraction of sp³-hybridized carbons (Fsp3) is 0.917. The predicted molar refractivity (Wildman–Crippen MR) is 71.6 cm³/mol.